The Hall–Kier alpha value is -1.29. The Labute approximate surface area is 102 Å². The van der Waals surface area contributed by atoms with E-state index in [9.17, 15) is 0 Å². The highest BCUT2D eigenvalue weighted by atomic mass is 16.4. The van der Waals surface area contributed by atoms with Gasteiger partial charge in [0.15, 0.2) is 0 Å². The number of aromatic nitrogens is 1. The molecule has 1 aromatic heterocycles. The lowest BCUT2D eigenvalue weighted by Crippen LogP contribution is -2.31. The monoisotopic (exact) mass is 236 g/mol. The molecule has 0 spiro atoms. The second kappa shape index (κ2) is 4.53. The summed E-state index contributed by atoms with van der Waals surface area (Å²) in [6.07, 6.45) is 4.81. The van der Waals surface area contributed by atoms with Crippen LogP contribution in [-0.4, -0.2) is 23.2 Å². The summed E-state index contributed by atoms with van der Waals surface area (Å²) in [4.78, 5) is 6.31. The Morgan fingerprint density at radius 1 is 1.47 bits per heavy atom. The Morgan fingerprint density at radius 3 is 2.71 bits per heavy atom. The van der Waals surface area contributed by atoms with E-state index in [4.69, 9.17) is 9.52 Å². The van der Waals surface area contributed by atoms with Crippen molar-refractivity contribution in [3.63, 3.8) is 0 Å². The molecule has 17 heavy (non-hydrogen) atoms. The molecule has 0 aromatic carbocycles. The summed E-state index contributed by atoms with van der Waals surface area (Å²) >= 11 is 0. The van der Waals surface area contributed by atoms with Crippen molar-refractivity contribution >= 4 is 6.01 Å². The molecule has 0 fully saturated rings. The highest BCUT2D eigenvalue weighted by molar-refractivity contribution is 5.33. The molecule has 4 heteroatoms. The van der Waals surface area contributed by atoms with E-state index in [1.165, 1.54) is 11.8 Å². The molecule has 4 nitrogen and oxygen atoms in total. The topological polar surface area (TPSA) is 49.5 Å². The number of aliphatic hydroxyl groups is 1. The molecule has 1 aromatic rings. The molecule has 2 rings (SSSR count). The number of rotatable bonds is 2. The number of anilines is 1. The van der Waals surface area contributed by atoms with Crippen LogP contribution < -0.4 is 4.90 Å². The summed E-state index contributed by atoms with van der Waals surface area (Å²) in [6, 6.07) is 0.609. The standard InChI is InChI=1S/C13H20N2O2/c1-13(2,3)10-4-6-15(7-5-10)12-14-11(8-16)9-17-12/h4,9,16H,5-8H2,1-3H3. The summed E-state index contributed by atoms with van der Waals surface area (Å²) < 4.78 is 5.34. The predicted molar refractivity (Wildman–Crippen MR) is 66.8 cm³/mol. The summed E-state index contributed by atoms with van der Waals surface area (Å²) in [7, 11) is 0. The third kappa shape index (κ3) is 2.69. The van der Waals surface area contributed by atoms with Crippen LogP contribution in [0.2, 0.25) is 0 Å². The van der Waals surface area contributed by atoms with Gasteiger partial charge >= 0.3 is 0 Å². The molecule has 1 N–H and O–H groups in total. The van der Waals surface area contributed by atoms with Crippen molar-refractivity contribution in [1.29, 1.82) is 0 Å². The lowest BCUT2D eigenvalue weighted by atomic mass is 9.83. The SMILES string of the molecule is CC(C)(C)C1=CCN(c2nc(CO)co2)CC1. The quantitative estimate of drug-likeness (QED) is 0.801. The van der Waals surface area contributed by atoms with Gasteiger partial charge in [0.05, 0.1) is 6.61 Å². The first-order valence-corrected chi connectivity index (χ1v) is 6.00. The fraction of sp³-hybridized carbons (Fsp3) is 0.615. The molecule has 94 valence electrons. The minimum atomic E-state index is -0.0690. The first-order valence-electron chi connectivity index (χ1n) is 6.00. The number of aliphatic hydroxyl groups excluding tert-OH is 1. The van der Waals surface area contributed by atoms with Crippen LogP contribution in [0.3, 0.4) is 0 Å². The van der Waals surface area contributed by atoms with E-state index in [2.05, 4.69) is 36.7 Å². The first-order chi connectivity index (χ1) is 8.00. The lowest BCUT2D eigenvalue weighted by Gasteiger charge is -2.31. The molecule has 0 unspecified atom stereocenters. The van der Waals surface area contributed by atoms with Gasteiger partial charge in [0.2, 0.25) is 0 Å². The van der Waals surface area contributed by atoms with Gasteiger partial charge in [0, 0.05) is 13.1 Å². The lowest BCUT2D eigenvalue weighted by molar-refractivity contribution is 0.276. The van der Waals surface area contributed by atoms with Crippen molar-refractivity contribution in [1.82, 2.24) is 4.98 Å². The zero-order chi connectivity index (χ0) is 12.5. The average molecular weight is 236 g/mol. The maximum atomic E-state index is 8.95. The zero-order valence-corrected chi connectivity index (χ0v) is 10.7. The van der Waals surface area contributed by atoms with Crippen molar-refractivity contribution in [3.8, 4) is 0 Å². The molecule has 0 aliphatic carbocycles. The largest absolute Gasteiger partial charge is 0.432 e. The minimum Gasteiger partial charge on any atom is -0.432 e. The Morgan fingerprint density at radius 2 is 2.24 bits per heavy atom. The van der Waals surface area contributed by atoms with Crippen molar-refractivity contribution in [2.45, 2.75) is 33.8 Å². The number of hydrogen-bond donors (Lipinski definition) is 1. The maximum Gasteiger partial charge on any atom is 0.297 e. The van der Waals surface area contributed by atoms with E-state index in [1.54, 1.807) is 0 Å². The first kappa shape index (κ1) is 12.2. The summed E-state index contributed by atoms with van der Waals surface area (Å²) in [5.74, 6) is 0. The highest BCUT2D eigenvalue weighted by Gasteiger charge is 2.23. The minimum absolute atomic E-state index is 0.0690. The third-order valence-electron chi connectivity index (χ3n) is 3.14. The van der Waals surface area contributed by atoms with Crippen LogP contribution in [0, 0.1) is 5.41 Å². The van der Waals surface area contributed by atoms with Crippen LogP contribution >= 0.6 is 0 Å². The molecule has 1 aliphatic rings. The molecular formula is C13H20N2O2. The van der Waals surface area contributed by atoms with E-state index >= 15 is 0 Å². The Kier molecular flexibility index (Phi) is 3.24. The molecule has 0 atom stereocenters. The van der Waals surface area contributed by atoms with Gasteiger partial charge in [-0.15, -0.1) is 0 Å². The number of hydrogen-bond acceptors (Lipinski definition) is 4. The van der Waals surface area contributed by atoms with Gasteiger partial charge < -0.3 is 14.4 Å². The molecule has 0 bridgehead atoms. The molecular weight excluding hydrogens is 216 g/mol. The predicted octanol–water partition coefficient (Wildman–Crippen LogP) is 2.35. The van der Waals surface area contributed by atoms with E-state index in [0.29, 0.717) is 11.7 Å². The van der Waals surface area contributed by atoms with Gasteiger partial charge in [0.25, 0.3) is 6.01 Å². The van der Waals surface area contributed by atoms with Crippen LogP contribution in [0.1, 0.15) is 32.9 Å². The molecule has 0 saturated carbocycles. The normalized spacial score (nSPS) is 17.2. The smallest absolute Gasteiger partial charge is 0.297 e. The molecule has 0 amide bonds. The van der Waals surface area contributed by atoms with Crippen LogP contribution in [0.25, 0.3) is 0 Å². The molecule has 0 radical (unpaired) electrons. The summed E-state index contributed by atoms with van der Waals surface area (Å²) in [6.45, 7) is 8.41. The van der Waals surface area contributed by atoms with E-state index in [0.717, 1.165) is 19.5 Å². The third-order valence-corrected chi connectivity index (χ3v) is 3.14. The van der Waals surface area contributed by atoms with Crippen molar-refractivity contribution in [3.05, 3.63) is 23.6 Å². The number of oxazole rings is 1. The van der Waals surface area contributed by atoms with Gasteiger partial charge in [-0.2, -0.15) is 4.98 Å². The van der Waals surface area contributed by atoms with Crippen LogP contribution in [0.15, 0.2) is 22.3 Å². The second-order valence-corrected chi connectivity index (χ2v) is 5.45. The molecule has 1 aliphatic heterocycles. The summed E-state index contributed by atoms with van der Waals surface area (Å²) in [5.41, 5.74) is 2.33. The van der Waals surface area contributed by atoms with E-state index in [1.807, 2.05) is 0 Å². The zero-order valence-electron chi connectivity index (χ0n) is 10.7. The second-order valence-electron chi connectivity index (χ2n) is 5.45. The highest BCUT2D eigenvalue weighted by Crippen LogP contribution is 2.31. The van der Waals surface area contributed by atoms with Crippen LogP contribution in [-0.2, 0) is 6.61 Å². The van der Waals surface area contributed by atoms with Crippen LogP contribution in [0.5, 0.6) is 0 Å². The van der Waals surface area contributed by atoms with E-state index < -0.39 is 0 Å². The van der Waals surface area contributed by atoms with Crippen molar-refractivity contribution in [2.24, 2.45) is 5.41 Å². The van der Waals surface area contributed by atoms with Gasteiger partial charge in [-0.05, 0) is 11.8 Å². The van der Waals surface area contributed by atoms with Crippen LogP contribution in [0.4, 0.5) is 6.01 Å². The Bertz CT molecular complexity index is 415. The Balaban J connectivity index is 2.06. The fourth-order valence-electron chi connectivity index (χ4n) is 2.04. The van der Waals surface area contributed by atoms with Crippen molar-refractivity contribution < 1.29 is 9.52 Å². The fourth-order valence-corrected chi connectivity index (χ4v) is 2.04. The molecule has 0 saturated heterocycles. The van der Waals surface area contributed by atoms with Gasteiger partial charge in [-0.3, -0.25) is 0 Å². The van der Waals surface area contributed by atoms with Gasteiger partial charge in [-0.25, -0.2) is 0 Å². The average Bonchev–Trinajstić information content (AvgIpc) is 2.76. The van der Waals surface area contributed by atoms with Crippen molar-refractivity contribution in [2.75, 3.05) is 18.0 Å². The summed E-state index contributed by atoms with van der Waals surface area (Å²) in [5, 5.41) is 8.95. The van der Waals surface area contributed by atoms with E-state index in [-0.39, 0.29) is 12.0 Å². The molecule has 2 heterocycles. The van der Waals surface area contributed by atoms with Gasteiger partial charge in [-0.1, -0.05) is 32.4 Å². The van der Waals surface area contributed by atoms with Gasteiger partial charge in [0.1, 0.15) is 12.0 Å². The maximum absolute atomic E-state index is 8.95. The number of nitrogens with zero attached hydrogens (tertiary/aromatic N) is 2.